The molecule has 1 aromatic heterocycles. The molecule has 0 fully saturated rings. The minimum Gasteiger partial charge on any atom is -0.478 e. The Morgan fingerprint density at radius 3 is 1.83 bits per heavy atom. The lowest BCUT2D eigenvalue weighted by Gasteiger charge is -2.14. The first kappa shape index (κ1) is 18.1. The van der Waals surface area contributed by atoms with Gasteiger partial charge >= 0.3 is 18.3 Å². The number of nitrogens with zero attached hydrogens (tertiary/aromatic N) is 1. The predicted octanol–water partition coefficient (Wildman–Crippen LogP) is 5.14. The van der Waals surface area contributed by atoms with Gasteiger partial charge in [-0.1, -0.05) is 11.6 Å². The molecule has 0 spiro atoms. The monoisotopic (exact) mass is 369 g/mol. The largest absolute Gasteiger partial charge is 0.478 e. The van der Waals surface area contributed by atoms with Crippen LogP contribution < -0.4 is 0 Å². The van der Waals surface area contributed by atoms with Crippen LogP contribution in [0.1, 0.15) is 21.5 Å². The van der Waals surface area contributed by atoms with Gasteiger partial charge in [0.15, 0.2) is 0 Å². The summed E-state index contributed by atoms with van der Waals surface area (Å²) in [6, 6.07) is 1.79. The fourth-order valence-corrected chi connectivity index (χ4v) is 2.06. The fourth-order valence-electron chi connectivity index (χ4n) is 1.88. The third-order valence-corrected chi connectivity index (χ3v) is 3.29. The number of aromatic nitrogens is 1. The smallest absolute Gasteiger partial charge is 0.416 e. The Morgan fingerprint density at radius 2 is 1.42 bits per heavy atom. The average molecular weight is 370 g/mol. The average Bonchev–Trinajstić information content (AvgIpc) is 2.45. The Kier molecular flexibility index (Phi) is 4.49. The van der Waals surface area contributed by atoms with Crippen molar-refractivity contribution >= 4 is 17.6 Å². The first-order valence-corrected chi connectivity index (χ1v) is 6.46. The van der Waals surface area contributed by atoms with Crippen molar-refractivity contribution in [2.45, 2.75) is 12.4 Å². The van der Waals surface area contributed by atoms with Gasteiger partial charge in [0.25, 0.3) is 0 Å². The number of alkyl halides is 6. The molecule has 0 aliphatic rings. The van der Waals surface area contributed by atoms with Crippen molar-refractivity contribution in [2.75, 3.05) is 0 Å². The second-order valence-corrected chi connectivity index (χ2v) is 5.02. The number of rotatable bonds is 2. The van der Waals surface area contributed by atoms with Gasteiger partial charge in [0.1, 0.15) is 5.15 Å². The van der Waals surface area contributed by atoms with Gasteiger partial charge in [-0.05, 0) is 29.8 Å². The number of halogens is 7. The summed E-state index contributed by atoms with van der Waals surface area (Å²) in [4.78, 5) is 14.5. The van der Waals surface area contributed by atoms with E-state index in [1.54, 1.807) is 0 Å². The zero-order chi connectivity index (χ0) is 18.3. The molecule has 128 valence electrons. The number of carboxylic acid groups (broad SMARTS) is 1. The van der Waals surface area contributed by atoms with Crippen molar-refractivity contribution < 1.29 is 36.2 Å². The van der Waals surface area contributed by atoms with E-state index in [9.17, 15) is 31.1 Å². The molecule has 2 aromatic rings. The van der Waals surface area contributed by atoms with Crippen molar-refractivity contribution in [1.29, 1.82) is 0 Å². The number of hydrogen-bond donors (Lipinski definition) is 1. The van der Waals surface area contributed by atoms with E-state index in [1.165, 1.54) is 0 Å². The topological polar surface area (TPSA) is 50.2 Å². The number of carbonyl (C=O) groups is 1. The van der Waals surface area contributed by atoms with E-state index in [1.807, 2.05) is 0 Å². The summed E-state index contributed by atoms with van der Waals surface area (Å²) < 4.78 is 77.0. The van der Waals surface area contributed by atoms with Crippen LogP contribution in [0.25, 0.3) is 11.1 Å². The maximum absolute atomic E-state index is 12.8. The van der Waals surface area contributed by atoms with E-state index >= 15 is 0 Å². The molecule has 2 rings (SSSR count). The van der Waals surface area contributed by atoms with Gasteiger partial charge in [-0.15, -0.1) is 0 Å². The summed E-state index contributed by atoms with van der Waals surface area (Å²) in [5.41, 5.74) is -4.30. The Balaban J connectivity index is 2.70. The summed E-state index contributed by atoms with van der Waals surface area (Å²) in [5.74, 6) is -1.52. The van der Waals surface area contributed by atoms with Crippen LogP contribution in [0.5, 0.6) is 0 Å². The van der Waals surface area contributed by atoms with Crippen molar-refractivity contribution in [3.8, 4) is 11.1 Å². The quantitative estimate of drug-likeness (QED) is 0.589. The number of hydrogen-bond acceptors (Lipinski definition) is 2. The van der Waals surface area contributed by atoms with Crippen LogP contribution >= 0.6 is 11.6 Å². The van der Waals surface area contributed by atoms with Crippen LogP contribution in [-0.4, -0.2) is 16.1 Å². The Bertz CT molecular complexity index is 769. The van der Waals surface area contributed by atoms with E-state index in [2.05, 4.69) is 4.98 Å². The molecule has 0 unspecified atom stereocenters. The summed E-state index contributed by atoms with van der Waals surface area (Å²) in [6.07, 6.45) is -9.12. The van der Waals surface area contributed by atoms with Crippen LogP contribution in [-0.2, 0) is 12.4 Å². The highest BCUT2D eigenvalue weighted by Gasteiger charge is 2.37. The highest BCUT2D eigenvalue weighted by molar-refractivity contribution is 6.32. The van der Waals surface area contributed by atoms with Crippen molar-refractivity contribution in [1.82, 2.24) is 4.98 Å². The van der Waals surface area contributed by atoms with Crippen LogP contribution in [0.15, 0.2) is 30.5 Å². The fraction of sp³-hybridized carbons (Fsp3) is 0.143. The number of aromatic carboxylic acids is 1. The summed E-state index contributed by atoms with van der Waals surface area (Å²) in [5, 5.41) is 8.48. The molecule has 0 amide bonds. The normalized spacial score (nSPS) is 12.3. The maximum atomic E-state index is 12.8. The molecule has 0 aliphatic carbocycles. The van der Waals surface area contributed by atoms with Crippen LogP contribution in [0.2, 0.25) is 5.15 Å². The van der Waals surface area contributed by atoms with Gasteiger partial charge in [-0.25, -0.2) is 9.78 Å². The molecule has 10 heteroatoms. The molecule has 1 aromatic carbocycles. The Morgan fingerprint density at radius 1 is 0.917 bits per heavy atom. The molecule has 0 atom stereocenters. The minimum absolute atomic E-state index is 0.0229. The third kappa shape index (κ3) is 3.78. The second kappa shape index (κ2) is 5.97. The number of carboxylic acids is 1. The molecule has 24 heavy (non-hydrogen) atoms. The van der Waals surface area contributed by atoms with Crippen molar-refractivity contribution in [3.63, 3.8) is 0 Å². The molecule has 0 saturated heterocycles. The van der Waals surface area contributed by atoms with Crippen LogP contribution in [0.3, 0.4) is 0 Å². The number of benzene rings is 1. The van der Waals surface area contributed by atoms with E-state index < -0.39 is 45.7 Å². The molecule has 0 radical (unpaired) electrons. The van der Waals surface area contributed by atoms with Crippen LogP contribution in [0, 0.1) is 0 Å². The van der Waals surface area contributed by atoms with Gasteiger partial charge in [0.05, 0.1) is 16.7 Å². The highest BCUT2D eigenvalue weighted by Crippen LogP contribution is 2.38. The lowest BCUT2D eigenvalue weighted by atomic mass is 9.99. The molecule has 0 aliphatic heterocycles. The maximum Gasteiger partial charge on any atom is 0.416 e. The van der Waals surface area contributed by atoms with Gasteiger partial charge in [-0.3, -0.25) is 0 Å². The molecule has 0 bridgehead atoms. The Labute approximate surface area is 135 Å². The second-order valence-electron chi connectivity index (χ2n) is 4.66. The first-order valence-electron chi connectivity index (χ1n) is 6.08. The number of pyridine rings is 1. The van der Waals surface area contributed by atoms with Crippen LogP contribution in [0.4, 0.5) is 26.3 Å². The predicted molar refractivity (Wildman–Crippen MR) is 71.6 cm³/mol. The zero-order valence-electron chi connectivity index (χ0n) is 11.3. The zero-order valence-corrected chi connectivity index (χ0v) is 12.1. The standard InChI is InChI=1S/C14H6ClF6NO2/c15-11-10(12(23)24)3-7(5-22-11)6-1-8(13(16,17)18)4-9(2-6)14(19,20)21/h1-5H,(H,23,24). The van der Waals surface area contributed by atoms with E-state index in [0.29, 0.717) is 12.1 Å². The first-order chi connectivity index (χ1) is 10.9. The lowest BCUT2D eigenvalue weighted by Crippen LogP contribution is -2.11. The van der Waals surface area contributed by atoms with E-state index in [-0.39, 0.29) is 11.6 Å². The van der Waals surface area contributed by atoms with Gasteiger partial charge in [-0.2, -0.15) is 26.3 Å². The summed E-state index contributed by atoms with van der Waals surface area (Å²) in [7, 11) is 0. The minimum atomic E-state index is -5.01. The molecule has 1 heterocycles. The summed E-state index contributed by atoms with van der Waals surface area (Å²) >= 11 is 5.53. The van der Waals surface area contributed by atoms with E-state index in [4.69, 9.17) is 16.7 Å². The Hall–Kier alpha value is -2.29. The third-order valence-electron chi connectivity index (χ3n) is 2.99. The molecule has 1 N–H and O–H groups in total. The summed E-state index contributed by atoms with van der Waals surface area (Å²) in [6.45, 7) is 0. The highest BCUT2D eigenvalue weighted by atomic mass is 35.5. The lowest BCUT2D eigenvalue weighted by molar-refractivity contribution is -0.143. The van der Waals surface area contributed by atoms with Gasteiger partial charge < -0.3 is 5.11 Å². The molecular weight excluding hydrogens is 364 g/mol. The van der Waals surface area contributed by atoms with Gasteiger partial charge in [0, 0.05) is 11.8 Å². The van der Waals surface area contributed by atoms with Gasteiger partial charge in [0.2, 0.25) is 0 Å². The molecular formula is C14H6ClF6NO2. The molecule has 0 saturated carbocycles. The van der Waals surface area contributed by atoms with Crippen molar-refractivity contribution in [3.05, 3.63) is 52.3 Å². The molecule has 3 nitrogen and oxygen atoms in total. The SMILES string of the molecule is O=C(O)c1cc(-c2cc(C(F)(F)F)cc(C(F)(F)F)c2)cnc1Cl. The van der Waals surface area contributed by atoms with Crippen molar-refractivity contribution in [2.24, 2.45) is 0 Å². The van der Waals surface area contributed by atoms with E-state index in [0.717, 1.165) is 12.3 Å².